The zero-order valence-electron chi connectivity index (χ0n) is 21.6. The average molecular weight is 516 g/mol. The third-order valence-electron chi connectivity index (χ3n) is 6.45. The Kier molecular flexibility index (Phi) is 7.34. The molecular formula is C27H29N7O4. The quantitative estimate of drug-likeness (QED) is 0.327. The molecular weight excluding hydrogens is 486 g/mol. The fourth-order valence-electron chi connectivity index (χ4n) is 4.48. The van der Waals surface area contributed by atoms with E-state index in [0.717, 1.165) is 16.9 Å². The third-order valence-corrected chi connectivity index (χ3v) is 6.45. The molecule has 5 rings (SSSR count). The van der Waals surface area contributed by atoms with Crippen molar-refractivity contribution in [2.45, 2.75) is 6.54 Å². The second-order valence-electron chi connectivity index (χ2n) is 8.71. The Morgan fingerprint density at radius 3 is 2.32 bits per heavy atom. The first-order valence-electron chi connectivity index (χ1n) is 12.2. The van der Waals surface area contributed by atoms with Crippen molar-refractivity contribution in [3.8, 4) is 17.2 Å². The maximum atomic E-state index is 12.9. The lowest BCUT2D eigenvalue weighted by atomic mass is 10.1. The normalized spacial score (nSPS) is 13.8. The number of hydrogen-bond acceptors (Lipinski definition) is 9. The van der Waals surface area contributed by atoms with Gasteiger partial charge in [-0.1, -0.05) is 35.5 Å². The van der Waals surface area contributed by atoms with Crippen molar-refractivity contribution >= 4 is 29.0 Å². The summed E-state index contributed by atoms with van der Waals surface area (Å²) in [6.07, 6.45) is 4.85. The second kappa shape index (κ2) is 11.2. The number of methoxy groups -OCH3 is 3. The molecule has 0 bridgehead atoms. The minimum Gasteiger partial charge on any atom is -0.493 e. The number of carbonyl (C=O) groups is 1. The van der Waals surface area contributed by atoms with Gasteiger partial charge in [-0.2, -0.15) is 0 Å². The van der Waals surface area contributed by atoms with E-state index in [1.165, 1.54) is 0 Å². The summed E-state index contributed by atoms with van der Waals surface area (Å²) in [6, 6.07) is 13.7. The highest BCUT2D eigenvalue weighted by Gasteiger charge is 2.24. The van der Waals surface area contributed by atoms with E-state index >= 15 is 0 Å². The molecule has 38 heavy (non-hydrogen) atoms. The Morgan fingerprint density at radius 1 is 0.947 bits per heavy atom. The number of ether oxygens (including phenoxy) is 3. The molecule has 1 amide bonds. The van der Waals surface area contributed by atoms with E-state index < -0.39 is 0 Å². The SMILES string of the molecule is COc1cc(C=CC(=O)N2CCN(c3ncnc4c3nnn4Cc3ccccc3)CC2)cc(OC)c1OC. The Balaban J connectivity index is 1.25. The van der Waals surface area contributed by atoms with Gasteiger partial charge in [-0.15, -0.1) is 5.10 Å². The Bertz CT molecular complexity index is 1420. The predicted octanol–water partition coefficient (Wildman–Crippen LogP) is 2.66. The van der Waals surface area contributed by atoms with E-state index in [-0.39, 0.29) is 5.91 Å². The zero-order valence-corrected chi connectivity index (χ0v) is 21.6. The van der Waals surface area contributed by atoms with Gasteiger partial charge in [0.05, 0.1) is 27.9 Å². The maximum Gasteiger partial charge on any atom is 0.246 e. The van der Waals surface area contributed by atoms with Gasteiger partial charge in [0.25, 0.3) is 0 Å². The molecule has 11 nitrogen and oxygen atoms in total. The van der Waals surface area contributed by atoms with Crippen molar-refractivity contribution in [2.75, 3.05) is 52.4 Å². The Morgan fingerprint density at radius 2 is 1.66 bits per heavy atom. The van der Waals surface area contributed by atoms with Crippen LogP contribution in [0.1, 0.15) is 11.1 Å². The van der Waals surface area contributed by atoms with Crippen molar-refractivity contribution in [1.82, 2.24) is 29.9 Å². The number of rotatable bonds is 8. The van der Waals surface area contributed by atoms with Gasteiger partial charge in [0.1, 0.15) is 6.33 Å². The molecule has 0 unspecified atom stereocenters. The first-order valence-corrected chi connectivity index (χ1v) is 12.2. The van der Waals surface area contributed by atoms with Crippen LogP contribution in [0.4, 0.5) is 5.82 Å². The van der Waals surface area contributed by atoms with Gasteiger partial charge in [0.2, 0.25) is 11.7 Å². The van der Waals surface area contributed by atoms with E-state index in [9.17, 15) is 4.79 Å². The molecule has 0 radical (unpaired) electrons. The number of nitrogens with zero attached hydrogens (tertiary/aromatic N) is 7. The lowest BCUT2D eigenvalue weighted by molar-refractivity contribution is -0.126. The molecule has 1 saturated heterocycles. The number of hydrogen-bond donors (Lipinski definition) is 0. The van der Waals surface area contributed by atoms with Crippen LogP contribution >= 0.6 is 0 Å². The van der Waals surface area contributed by atoms with Gasteiger partial charge in [-0.05, 0) is 29.3 Å². The highest BCUT2D eigenvalue weighted by atomic mass is 16.5. The van der Waals surface area contributed by atoms with Crippen LogP contribution in [0, 0.1) is 0 Å². The van der Waals surface area contributed by atoms with E-state index in [1.807, 2.05) is 35.2 Å². The van der Waals surface area contributed by atoms with Gasteiger partial charge >= 0.3 is 0 Å². The third kappa shape index (κ3) is 5.08. The minimum atomic E-state index is -0.0694. The highest BCUT2D eigenvalue weighted by Crippen LogP contribution is 2.38. The van der Waals surface area contributed by atoms with Gasteiger partial charge in [0.15, 0.2) is 28.5 Å². The van der Waals surface area contributed by atoms with Crippen molar-refractivity contribution in [3.63, 3.8) is 0 Å². The minimum absolute atomic E-state index is 0.0694. The van der Waals surface area contributed by atoms with Crippen LogP contribution in [-0.2, 0) is 11.3 Å². The summed E-state index contributed by atoms with van der Waals surface area (Å²) in [5.41, 5.74) is 3.23. The molecule has 2 aromatic heterocycles. The molecule has 2 aromatic carbocycles. The van der Waals surface area contributed by atoms with Crippen LogP contribution in [0.3, 0.4) is 0 Å². The van der Waals surface area contributed by atoms with E-state index in [1.54, 1.807) is 56.6 Å². The van der Waals surface area contributed by atoms with Crippen LogP contribution in [0.2, 0.25) is 0 Å². The van der Waals surface area contributed by atoms with E-state index in [2.05, 4.69) is 25.2 Å². The van der Waals surface area contributed by atoms with Crippen molar-refractivity contribution in [1.29, 1.82) is 0 Å². The van der Waals surface area contributed by atoms with E-state index in [4.69, 9.17) is 14.2 Å². The van der Waals surface area contributed by atoms with Gasteiger partial charge in [-0.3, -0.25) is 4.79 Å². The number of anilines is 1. The summed E-state index contributed by atoms with van der Waals surface area (Å²) in [5.74, 6) is 2.23. The molecule has 1 aliphatic heterocycles. The Labute approximate surface area is 220 Å². The summed E-state index contributed by atoms with van der Waals surface area (Å²) in [7, 11) is 4.67. The van der Waals surface area contributed by atoms with Crippen molar-refractivity contribution < 1.29 is 19.0 Å². The summed E-state index contributed by atoms with van der Waals surface area (Å²) >= 11 is 0. The van der Waals surface area contributed by atoms with Crippen LogP contribution in [0.5, 0.6) is 17.2 Å². The number of piperazine rings is 1. The number of aromatic nitrogens is 5. The van der Waals surface area contributed by atoms with Crippen LogP contribution in [0.25, 0.3) is 17.2 Å². The molecule has 1 aliphatic rings. The monoisotopic (exact) mass is 515 g/mol. The van der Waals surface area contributed by atoms with E-state index in [0.29, 0.717) is 61.1 Å². The summed E-state index contributed by atoms with van der Waals surface area (Å²) < 4.78 is 17.9. The second-order valence-corrected chi connectivity index (χ2v) is 8.71. The van der Waals surface area contributed by atoms with Crippen molar-refractivity contribution in [2.24, 2.45) is 0 Å². The molecule has 0 aliphatic carbocycles. The molecule has 0 spiro atoms. The smallest absolute Gasteiger partial charge is 0.246 e. The highest BCUT2D eigenvalue weighted by molar-refractivity contribution is 5.92. The van der Waals surface area contributed by atoms with Crippen LogP contribution in [-0.4, -0.2) is 83.3 Å². The van der Waals surface area contributed by atoms with Crippen molar-refractivity contribution in [3.05, 3.63) is 66.0 Å². The van der Waals surface area contributed by atoms with Gasteiger partial charge < -0.3 is 24.0 Å². The summed E-state index contributed by atoms with van der Waals surface area (Å²) in [5, 5.41) is 8.69. The summed E-state index contributed by atoms with van der Waals surface area (Å²) in [6.45, 7) is 2.95. The van der Waals surface area contributed by atoms with Gasteiger partial charge in [0, 0.05) is 32.3 Å². The van der Waals surface area contributed by atoms with Gasteiger partial charge in [-0.25, -0.2) is 14.6 Å². The predicted molar refractivity (Wildman–Crippen MR) is 143 cm³/mol. The maximum absolute atomic E-state index is 12.9. The van der Waals surface area contributed by atoms with Crippen LogP contribution in [0.15, 0.2) is 54.9 Å². The summed E-state index contributed by atoms with van der Waals surface area (Å²) in [4.78, 5) is 25.8. The first kappa shape index (κ1) is 25.0. The molecule has 3 heterocycles. The number of carbonyl (C=O) groups excluding carboxylic acids is 1. The lowest BCUT2D eigenvalue weighted by Crippen LogP contribution is -2.48. The average Bonchev–Trinajstić information content (AvgIpc) is 3.38. The van der Waals surface area contributed by atoms with Crippen LogP contribution < -0.4 is 19.1 Å². The molecule has 0 atom stereocenters. The zero-order chi connectivity index (χ0) is 26.5. The molecule has 11 heteroatoms. The topological polar surface area (TPSA) is 108 Å². The first-order chi connectivity index (χ1) is 18.6. The molecule has 0 saturated carbocycles. The molecule has 1 fully saturated rings. The molecule has 196 valence electrons. The fourth-order valence-corrected chi connectivity index (χ4v) is 4.48. The number of amides is 1. The lowest BCUT2D eigenvalue weighted by Gasteiger charge is -2.34. The largest absolute Gasteiger partial charge is 0.493 e. The number of benzene rings is 2. The number of fused-ring (bicyclic) bond motifs is 1. The molecule has 0 N–H and O–H groups in total. The Hall–Kier alpha value is -4.67. The fraction of sp³-hybridized carbons (Fsp3) is 0.296. The molecule has 4 aromatic rings. The standard InChI is InChI=1S/C27H29N7O4/c1-36-21-15-20(16-22(37-2)25(21)38-3)9-10-23(35)32-11-13-33(14-12-32)26-24-27(29-18-28-26)34(31-30-24)17-19-7-5-4-6-8-19/h4-10,15-16,18H,11-14,17H2,1-3H3.